The van der Waals surface area contributed by atoms with Gasteiger partial charge in [0, 0.05) is 0 Å². The van der Waals surface area contributed by atoms with E-state index in [9.17, 15) is 0 Å². The third kappa shape index (κ3) is 5.94. The molecule has 0 aromatic carbocycles. The summed E-state index contributed by atoms with van der Waals surface area (Å²) in [6.45, 7) is 2.03. The van der Waals surface area contributed by atoms with E-state index in [0.717, 1.165) is 12.7 Å². The topological polar surface area (TPSA) is 38.7 Å². The zero-order valence-corrected chi connectivity index (χ0v) is 4.39. The van der Waals surface area contributed by atoms with Crippen LogP contribution < -0.4 is 0 Å². The van der Waals surface area contributed by atoms with Gasteiger partial charge >= 0.3 is 7.48 Å². The van der Waals surface area contributed by atoms with E-state index in [0.29, 0.717) is 7.48 Å². The van der Waals surface area contributed by atoms with Crippen LogP contribution in [0.4, 0.5) is 0 Å². The average Bonchev–Trinajstić information content (AvgIpc) is 1.69. The Labute approximate surface area is 43.4 Å². The maximum atomic E-state index is 7.57. The van der Waals surface area contributed by atoms with Gasteiger partial charge in [-0.15, -0.1) is 0 Å². The molecule has 0 rings (SSSR count). The van der Waals surface area contributed by atoms with E-state index in [-0.39, 0.29) is 0 Å². The van der Waals surface area contributed by atoms with Crippen LogP contribution in [0.3, 0.4) is 0 Å². The van der Waals surface area contributed by atoms with Gasteiger partial charge < -0.3 is 0 Å². The lowest BCUT2D eigenvalue weighted by Gasteiger charge is -1.89. The van der Waals surface area contributed by atoms with Crippen LogP contribution in [-0.2, 0) is 9.84 Å². The number of hydrogen-bond acceptors (Lipinski definition) is 3. The van der Waals surface area contributed by atoms with Gasteiger partial charge in [0.15, 0.2) is 0 Å². The number of rotatable bonds is 4. The van der Waals surface area contributed by atoms with E-state index in [1.165, 1.54) is 0 Å². The van der Waals surface area contributed by atoms with Crippen molar-refractivity contribution in [3.8, 4) is 0 Å². The van der Waals surface area contributed by atoms with Crippen molar-refractivity contribution >= 4 is 7.48 Å². The Hall–Kier alpha value is -0.0551. The molecule has 0 atom stereocenters. The summed E-state index contributed by atoms with van der Waals surface area (Å²) in [6, 6.07) is 0. The fourth-order valence-electron chi connectivity index (χ4n) is 0.241. The Kier molecular flexibility index (Phi) is 5.90. The standard InChI is InChI=1S/C3H9BO3/c1-2-3-4-6-7-5/h4-5H,2-3H2,1H3. The molecule has 0 saturated heterocycles. The quantitative estimate of drug-likeness (QED) is 0.245. The summed E-state index contributed by atoms with van der Waals surface area (Å²) < 4.78 is 0. The van der Waals surface area contributed by atoms with Crippen LogP contribution in [0.15, 0.2) is 0 Å². The molecule has 0 bridgehead atoms. The minimum atomic E-state index is 0.465. The van der Waals surface area contributed by atoms with Gasteiger partial charge in [-0.2, -0.15) is 0 Å². The molecule has 0 aliphatic rings. The molecule has 0 heterocycles. The summed E-state index contributed by atoms with van der Waals surface area (Å²) in [6.07, 6.45) is 1.96. The monoisotopic (exact) mass is 104 g/mol. The van der Waals surface area contributed by atoms with Crippen LogP contribution in [0.25, 0.3) is 0 Å². The van der Waals surface area contributed by atoms with E-state index in [4.69, 9.17) is 5.26 Å². The van der Waals surface area contributed by atoms with Crippen LogP contribution in [0.1, 0.15) is 13.3 Å². The summed E-state index contributed by atoms with van der Waals surface area (Å²) in [5.41, 5.74) is 0. The minimum absolute atomic E-state index is 0.465. The molecule has 0 aromatic heterocycles. The van der Waals surface area contributed by atoms with Crippen molar-refractivity contribution in [2.75, 3.05) is 0 Å². The first-order valence-electron chi connectivity index (χ1n) is 2.35. The molecular formula is C3H9BO3. The van der Waals surface area contributed by atoms with E-state index < -0.39 is 0 Å². The van der Waals surface area contributed by atoms with Gasteiger partial charge in [0.25, 0.3) is 0 Å². The Balaban J connectivity index is 2.45. The maximum Gasteiger partial charge on any atom is 0.327 e. The molecule has 0 saturated carbocycles. The SMILES string of the molecule is CCCBOOO. The molecule has 0 spiro atoms. The van der Waals surface area contributed by atoms with Crippen LogP contribution in [0.5, 0.6) is 0 Å². The molecule has 7 heavy (non-hydrogen) atoms. The molecule has 0 fully saturated rings. The van der Waals surface area contributed by atoms with Crippen LogP contribution >= 0.6 is 0 Å². The lowest BCUT2D eigenvalue weighted by Crippen LogP contribution is -1.94. The molecule has 0 aliphatic carbocycles. The highest BCUT2D eigenvalue weighted by atomic mass is 17.5. The summed E-state index contributed by atoms with van der Waals surface area (Å²) in [5.74, 6) is 0. The molecule has 1 N–H and O–H groups in total. The first-order valence-corrected chi connectivity index (χ1v) is 2.35. The van der Waals surface area contributed by atoms with E-state index in [1.54, 1.807) is 0 Å². The average molecular weight is 104 g/mol. The normalized spacial score (nSPS) is 8.86. The first-order chi connectivity index (χ1) is 3.41. The second kappa shape index (κ2) is 5.94. The van der Waals surface area contributed by atoms with Gasteiger partial charge in [-0.05, 0) is 6.32 Å². The molecule has 0 amide bonds. The van der Waals surface area contributed by atoms with Crippen LogP contribution in [0.2, 0.25) is 6.32 Å². The van der Waals surface area contributed by atoms with Crippen molar-refractivity contribution in [2.24, 2.45) is 0 Å². The minimum Gasteiger partial charge on any atom is -0.280 e. The van der Waals surface area contributed by atoms with Crippen molar-refractivity contribution in [1.82, 2.24) is 0 Å². The molecule has 0 unspecified atom stereocenters. The van der Waals surface area contributed by atoms with Crippen LogP contribution in [0, 0.1) is 0 Å². The van der Waals surface area contributed by atoms with Crippen molar-refractivity contribution in [3.63, 3.8) is 0 Å². The Morgan fingerprint density at radius 1 is 1.71 bits per heavy atom. The Morgan fingerprint density at radius 3 is 2.86 bits per heavy atom. The highest BCUT2D eigenvalue weighted by Crippen LogP contribution is 1.84. The summed E-state index contributed by atoms with van der Waals surface area (Å²) >= 11 is 0. The van der Waals surface area contributed by atoms with Crippen molar-refractivity contribution < 1.29 is 15.1 Å². The molecule has 3 nitrogen and oxygen atoms in total. The maximum absolute atomic E-state index is 7.57. The van der Waals surface area contributed by atoms with Gasteiger partial charge in [-0.3, -0.25) is 4.81 Å². The fraction of sp³-hybridized carbons (Fsp3) is 1.00. The third-order valence-corrected chi connectivity index (χ3v) is 0.634. The smallest absolute Gasteiger partial charge is 0.280 e. The third-order valence-electron chi connectivity index (χ3n) is 0.634. The Bertz CT molecular complexity index is 29.4. The molecule has 0 aliphatic heterocycles. The van der Waals surface area contributed by atoms with Crippen molar-refractivity contribution in [1.29, 1.82) is 0 Å². The predicted octanol–water partition coefficient (Wildman–Crippen LogP) is 0.587. The molecule has 4 heteroatoms. The van der Waals surface area contributed by atoms with Crippen LogP contribution in [-0.4, -0.2) is 12.7 Å². The lowest BCUT2D eigenvalue weighted by atomic mass is 9.95. The van der Waals surface area contributed by atoms with Gasteiger partial charge in [0.2, 0.25) is 0 Å². The molecular weight excluding hydrogens is 94.8 g/mol. The van der Waals surface area contributed by atoms with E-state index in [2.05, 4.69) is 9.84 Å². The predicted molar refractivity (Wildman–Crippen MR) is 27.0 cm³/mol. The fourth-order valence-corrected chi connectivity index (χ4v) is 0.241. The second-order valence-electron chi connectivity index (χ2n) is 1.25. The molecule has 42 valence electrons. The highest BCUT2D eigenvalue weighted by Gasteiger charge is 1.86. The lowest BCUT2D eigenvalue weighted by molar-refractivity contribution is -0.442. The Morgan fingerprint density at radius 2 is 2.43 bits per heavy atom. The summed E-state index contributed by atoms with van der Waals surface area (Å²) in [7, 11) is 0.465. The van der Waals surface area contributed by atoms with Gasteiger partial charge in [0.1, 0.15) is 0 Å². The number of hydrogen-bond donors (Lipinski definition) is 1. The van der Waals surface area contributed by atoms with E-state index >= 15 is 0 Å². The first kappa shape index (κ1) is 6.94. The van der Waals surface area contributed by atoms with Gasteiger partial charge in [-0.25, -0.2) is 5.26 Å². The molecule has 0 radical (unpaired) electrons. The van der Waals surface area contributed by atoms with Crippen molar-refractivity contribution in [2.45, 2.75) is 19.7 Å². The largest absolute Gasteiger partial charge is 0.327 e. The van der Waals surface area contributed by atoms with Gasteiger partial charge in [-0.1, -0.05) is 18.4 Å². The van der Waals surface area contributed by atoms with E-state index in [1.807, 2.05) is 6.92 Å². The highest BCUT2D eigenvalue weighted by molar-refractivity contribution is 6.26. The van der Waals surface area contributed by atoms with Crippen molar-refractivity contribution in [3.05, 3.63) is 0 Å². The van der Waals surface area contributed by atoms with Gasteiger partial charge in [0.05, 0.1) is 0 Å². The summed E-state index contributed by atoms with van der Waals surface area (Å²) in [4.78, 5) is 4.13. The summed E-state index contributed by atoms with van der Waals surface area (Å²) in [5, 5.41) is 10.9. The second-order valence-corrected chi connectivity index (χ2v) is 1.25. The zero-order valence-electron chi connectivity index (χ0n) is 4.39. The zero-order chi connectivity index (χ0) is 5.54. The molecule has 0 aromatic rings.